The molecule has 0 nitrogen and oxygen atoms in total. The molecule has 10 heteroatoms. The van der Waals surface area contributed by atoms with Crippen LogP contribution in [0.1, 0.15) is 0 Å². The van der Waals surface area contributed by atoms with E-state index in [0.717, 1.165) is 0 Å². The van der Waals surface area contributed by atoms with Crippen molar-refractivity contribution in [3.05, 3.63) is 52.4 Å². The van der Waals surface area contributed by atoms with Crippen LogP contribution in [-0.4, -0.2) is 18.4 Å². The van der Waals surface area contributed by atoms with E-state index >= 15 is 0 Å². The van der Waals surface area contributed by atoms with E-state index in [4.69, 9.17) is 0 Å². The third-order valence-corrected chi connectivity index (χ3v) is 9.01. The van der Waals surface area contributed by atoms with Gasteiger partial charge in [-0.1, -0.05) is 0 Å². The molecule has 2 aromatic rings. The summed E-state index contributed by atoms with van der Waals surface area (Å²) < 4.78 is 123. The molecule has 136 valence electrons. The molecule has 0 aliphatic heterocycles. The number of halogens is 9. The fourth-order valence-corrected chi connectivity index (χ4v) is 6.72. The number of rotatable bonds is 2. The Bertz CT molecular complexity index is 826. The molecule has 0 spiro atoms. The van der Waals surface area contributed by atoms with E-state index < -0.39 is 85.4 Å². The normalized spacial score (nSPS) is 12.0. The van der Waals surface area contributed by atoms with Gasteiger partial charge in [-0.3, -0.25) is 0 Å². The first kappa shape index (κ1) is 19.9. The number of hydrogen-bond acceptors (Lipinski definition) is 0. The topological polar surface area (TPSA) is 0 Å². The molecular formula is C15H9F9Sn. The van der Waals surface area contributed by atoms with Crippen LogP contribution in [-0.2, 0) is 0 Å². The summed E-state index contributed by atoms with van der Waals surface area (Å²) in [5.74, 6) is -21.0. The molecule has 0 saturated carbocycles. The molecule has 25 heavy (non-hydrogen) atoms. The van der Waals surface area contributed by atoms with E-state index in [1.54, 1.807) is 0 Å². The summed E-state index contributed by atoms with van der Waals surface area (Å²) in [7, 11) is 0. The third-order valence-electron chi connectivity index (χ3n) is 3.47. The molecule has 2 rings (SSSR count). The fourth-order valence-electron chi connectivity index (χ4n) is 2.33. The monoisotopic (exact) mass is 480 g/mol. The molecule has 0 heterocycles. The van der Waals surface area contributed by atoms with E-state index in [2.05, 4.69) is 0 Å². The van der Waals surface area contributed by atoms with Crippen molar-refractivity contribution in [2.45, 2.75) is 14.8 Å². The van der Waals surface area contributed by atoms with Crippen molar-refractivity contribution in [2.75, 3.05) is 0 Å². The van der Waals surface area contributed by atoms with Gasteiger partial charge in [-0.05, 0) is 0 Å². The Labute approximate surface area is 140 Å². The van der Waals surface area contributed by atoms with Crippen LogP contribution in [0, 0.1) is 52.4 Å². The summed E-state index contributed by atoms with van der Waals surface area (Å²) in [4.78, 5) is 4.23. The van der Waals surface area contributed by atoms with Gasteiger partial charge in [0.05, 0.1) is 0 Å². The molecule has 0 bridgehead atoms. The van der Waals surface area contributed by atoms with E-state index in [1.165, 1.54) is 14.8 Å². The molecular weight excluding hydrogens is 470 g/mol. The fraction of sp³-hybridized carbons (Fsp3) is 0.200. The van der Waals surface area contributed by atoms with Crippen molar-refractivity contribution >= 4 is 22.0 Å². The molecule has 0 radical (unpaired) electrons. The molecule has 2 aromatic carbocycles. The zero-order valence-electron chi connectivity index (χ0n) is 12.9. The minimum atomic E-state index is -3.78. The van der Waals surface area contributed by atoms with Crippen LogP contribution >= 0.6 is 0 Å². The van der Waals surface area contributed by atoms with Gasteiger partial charge in [0.25, 0.3) is 0 Å². The van der Waals surface area contributed by atoms with Gasteiger partial charge in [0.1, 0.15) is 0 Å². The Hall–Kier alpha value is -1.39. The molecule has 0 aliphatic rings. The van der Waals surface area contributed by atoms with Crippen molar-refractivity contribution < 1.29 is 39.5 Å². The first-order chi connectivity index (χ1) is 11.3. The molecule has 0 aromatic heterocycles. The predicted octanol–water partition coefficient (Wildman–Crippen LogP) is 5.15. The summed E-state index contributed by atoms with van der Waals surface area (Å²) in [6, 6.07) is 0. The van der Waals surface area contributed by atoms with Crippen LogP contribution in [0.3, 0.4) is 0 Å². The second-order valence-corrected chi connectivity index (χ2v) is 20.5. The number of benzene rings is 2. The summed E-state index contributed by atoms with van der Waals surface area (Å²) >= 11 is -3.78. The number of hydrogen-bond donors (Lipinski definition) is 0. The maximum atomic E-state index is 14.2. The standard InChI is InChI=1S/C12F9.3CH3.Sn/c13-2-1-3(14)7(16)4(6(2)15)5-8(17)10(19)12(21)11(20)9(5)18;;;;/h;3*1H3;. The van der Waals surface area contributed by atoms with Crippen LogP contribution in [0.4, 0.5) is 39.5 Å². The Morgan fingerprint density at radius 2 is 0.640 bits per heavy atom. The molecule has 0 saturated heterocycles. The first-order valence-electron chi connectivity index (χ1n) is 6.70. The van der Waals surface area contributed by atoms with Gasteiger partial charge < -0.3 is 0 Å². The maximum absolute atomic E-state index is 14.2. The van der Waals surface area contributed by atoms with Crippen LogP contribution in [0.2, 0.25) is 14.8 Å². The Balaban J connectivity index is 3.03. The van der Waals surface area contributed by atoms with E-state index in [0.29, 0.717) is 0 Å². The summed E-state index contributed by atoms with van der Waals surface area (Å²) in [6.07, 6.45) is 0. The van der Waals surface area contributed by atoms with Crippen LogP contribution in [0.15, 0.2) is 0 Å². The SMILES string of the molecule is [CH3][Sn]([CH3])([CH3])[c]1c(F)c(F)c(-c2c(F)c(F)c(F)c(F)c2F)c(F)c1F. The molecule has 0 unspecified atom stereocenters. The molecule has 0 fully saturated rings. The Kier molecular flexibility index (Phi) is 5.10. The zero-order chi connectivity index (χ0) is 19.4. The Morgan fingerprint density at radius 3 is 0.920 bits per heavy atom. The van der Waals surface area contributed by atoms with E-state index in [9.17, 15) is 39.5 Å². The molecule has 0 N–H and O–H groups in total. The quantitative estimate of drug-likeness (QED) is 0.242. The van der Waals surface area contributed by atoms with Crippen molar-refractivity contribution in [3.8, 4) is 11.1 Å². The molecule has 0 atom stereocenters. The molecule has 0 aliphatic carbocycles. The zero-order valence-corrected chi connectivity index (χ0v) is 15.8. The van der Waals surface area contributed by atoms with Gasteiger partial charge in [-0.25, -0.2) is 0 Å². The van der Waals surface area contributed by atoms with E-state index in [1.807, 2.05) is 0 Å². The average Bonchev–Trinajstić information content (AvgIpc) is 2.51. The van der Waals surface area contributed by atoms with Crippen molar-refractivity contribution in [1.29, 1.82) is 0 Å². The van der Waals surface area contributed by atoms with Crippen molar-refractivity contribution in [3.63, 3.8) is 0 Å². The average molecular weight is 479 g/mol. The van der Waals surface area contributed by atoms with Gasteiger partial charge in [0.15, 0.2) is 0 Å². The van der Waals surface area contributed by atoms with Gasteiger partial charge in [-0.15, -0.1) is 0 Å². The second-order valence-electron chi connectivity index (χ2n) is 6.20. The summed E-state index contributed by atoms with van der Waals surface area (Å²) in [6.45, 7) is 0. The van der Waals surface area contributed by atoms with Gasteiger partial charge in [0.2, 0.25) is 0 Å². The second kappa shape index (κ2) is 6.40. The van der Waals surface area contributed by atoms with Crippen LogP contribution in [0.5, 0.6) is 0 Å². The predicted molar refractivity (Wildman–Crippen MR) is 74.5 cm³/mol. The Morgan fingerprint density at radius 1 is 0.400 bits per heavy atom. The molecule has 0 amide bonds. The van der Waals surface area contributed by atoms with Crippen LogP contribution < -0.4 is 3.58 Å². The van der Waals surface area contributed by atoms with Gasteiger partial charge >= 0.3 is 140 Å². The third kappa shape index (κ3) is 3.00. The van der Waals surface area contributed by atoms with Crippen molar-refractivity contribution in [1.82, 2.24) is 0 Å². The minimum absolute atomic E-state index is 0.864. The van der Waals surface area contributed by atoms with Gasteiger partial charge in [-0.2, -0.15) is 0 Å². The van der Waals surface area contributed by atoms with E-state index in [-0.39, 0.29) is 0 Å². The summed E-state index contributed by atoms with van der Waals surface area (Å²) in [5, 5.41) is 0. The van der Waals surface area contributed by atoms with Gasteiger partial charge in [0, 0.05) is 0 Å². The van der Waals surface area contributed by atoms with Crippen LogP contribution in [0.25, 0.3) is 11.1 Å². The van der Waals surface area contributed by atoms with Crippen molar-refractivity contribution in [2.24, 2.45) is 0 Å². The summed E-state index contributed by atoms with van der Waals surface area (Å²) in [5.41, 5.74) is -4.05. The first-order valence-corrected chi connectivity index (χ1v) is 16.7.